The minimum absolute atomic E-state index is 0.0504. The van der Waals surface area contributed by atoms with Gasteiger partial charge in [0.2, 0.25) is 0 Å². The summed E-state index contributed by atoms with van der Waals surface area (Å²) in [5, 5.41) is 0.989. The highest BCUT2D eigenvalue weighted by atomic mass is 32.1. The van der Waals surface area contributed by atoms with E-state index in [2.05, 4.69) is 0 Å². The fraction of sp³-hybridized carbons (Fsp3) is 0.158. The van der Waals surface area contributed by atoms with Crippen LogP contribution in [0.5, 0.6) is 5.75 Å². The number of methoxy groups -OCH3 is 1. The predicted octanol–water partition coefficient (Wildman–Crippen LogP) is 4.40. The molecule has 0 aliphatic carbocycles. The Balaban J connectivity index is 1.72. The van der Waals surface area contributed by atoms with Crippen LogP contribution in [-0.4, -0.2) is 25.5 Å². The monoisotopic (exact) mass is 358 g/mol. The van der Waals surface area contributed by atoms with Gasteiger partial charge in [-0.25, -0.2) is 9.18 Å². The van der Waals surface area contributed by atoms with E-state index in [4.69, 9.17) is 9.47 Å². The van der Waals surface area contributed by atoms with Gasteiger partial charge in [-0.1, -0.05) is 18.2 Å². The first-order valence-corrected chi connectivity index (χ1v) is 8.35. The number of fused-ring (bicyclic) bond motifs is 1. The number of halogens is 1. The number of carbonyl (C=O) groups excluding carboxylic acids is 2. The van der Waals surface area contributed by atoms with Crippen LogP contribution in [0.3, 0.4) is 0 Å². The number of aryl methyl sites for hydroxylation is 1. The fourth-order valence-electron chi connectivity index (χ4n) is 2.49. The Morgan fingerprint density at radius 3 is 2.60 bits per heavy atom. The minimum Gasteiger partial charge on any atom is -0.494 e. The minimum atomic E-state index is -0.639. The lowest BCUT2D eigenvalue weighted by molar-refractivity contribution is 0.0479. The molecule has 3 rings (SSSR count). The number of ketones is 1. The van der Waals surface area contributed by atoms with Crippen molar-refractivity contribution in [2.45, 2.75) is 6.92 Å². The third-order valence-corrected chi connectivity index (χ3v) is 5.09. The second-order valence-corrected chi connectivity index (χ2v) is 6.45. The Morgan fingerprint density at radius 1 is 1.16 bits per heavy atom. The molecule has 0 aliphatic heterocycles. The average Bonchev–Trinajstić information content (AvgIpc) is 2.96. The summed E-state index contributed by atoms with van der Waals surface area (Å²) in [6.07, 6.45) is 0. The van der Waals surface area contributed by atoms with Gasteiger partial charge in [-0.15, -0.1) is 11.3 Å². The molecule has 0 atom stereocenters. The number of rotatable bonds is 5. The lowest BCUT2D eigenvalue weighted by Crippen LogP contribution is -2.14. The number of esters is 1. The lowest BCUT2D eigenvalue weighted by Gasteiger charge is -2.06. The zero-order valence-electron chi connectivity index (χ0n) is 13.7. The third-order valence-electron chi connectivity index (χ3n) is 3.84. The first-order chi connectivity index (χ1) is 12.0. The van der Waals surface area contributed by atoms with Gasteiger partial charge in [0.15, 0.2) is 24.0 Å². The van der Waals surface area contributed by atoms with Crippen LogP contribution in [0.2, 0.25) is 0 Å². The van der Waals surface area contributed by atoms with Crippen LogP contribution < -0.4 is 4.74 Å². The molecule has 0 unspecified atom stereocenters. The molecular formula is C19H15FO4S. The van der Waals surface area contributed by atoms with Crippen molar-refractivity contribution in [3.8, 4) is 5.75 Å². The van der Waals surface area contributed by atoms with Crippen molar-refractivity contribution in [3.63, 3.8) is 0 Å². The van der Waals surface area contributed by atoms with Crippen LogP contribution in [0.4, 0.5) is 4.39 Å². The number of benzene rings is 2. The van der Waals surface area contributed by atoms with Crippen LogP contribution in [0.25, 0.3) is 10.1 Å². The Morgan fingerprint density at radius 2 is 1.92 bits per heavy atom. The fourth-order valence-corrected chi connectivity index (χ4v) is 3.59. The molecule has 1 aromatic heterocycles. The molecule has 25 heavy (non-hydrogen) atoms. The van der Waals surface area contributed by atoms with E-state index in [1.54, 1.807) is 0 Å². The van der Waals surface area contributed by atoms with Gasteiger partial charge in [-0.3, -0.25) is 4.79 Å². The van der Waals surface area contributed by atoms with Crippen LogP contribution in [0.1, 0.15) is 25.6 Å². The molecule has 0 saturated carbocycles. The van der Waals surface area contributed by atoms with Gasteiger partial charge in [-0.2, -0.15) is 0 Å². The topological polar surface area (TPSA) is 52.6 Å². The lowest BCUT2D eigenvalue weighted by atomic mass is 10.1. The standard InChI is InChI=1S/C19H15FO4S/c1-11-13-5-3-4-6-17(13)25-18(11)19(22)24-10-15(21)12-7-8-16(23-2)14(20)9-12/h3-9H,10H2,1-2H3. The highest BCUT2D eigenvalue weighted by molar-refractivity contribution is 7.21. The molecule has 0 spiro atoms. The van der Waals surface area contributed by atoms with Gasteiger partial charge in [0.1, 0.15) is 4.88 Å². The maximum Gasteiger partial charge on any atom is 0.349 e. The molecule has 1 heterocycles. The number of thiophene rings is 1. The molecule has 0 radical (unpaired) electrons. The smallest absolute Gasteiger partial charge is 0.349 e. The van der Waals surface area contributed by atoms with Crippen LogP contribution in [0, 0.1) is 12.7 Å². The third kappa shape index (κ3) is 3.39. The zero-order chi connectivity index (χ0) is 18.0. The van der Waals surface area contributed by atoms with Crippen molar-refractivity contribution in [2.75, 3.05) is 13.7 Å². The summed E-state index contributed by atoms with van der Waals surface area (Å²) in [6, 6.07) is 11.5. The first-order valence-electron chi connectivity index (χ1n) is 7.53. The number of hydrogen-bond acceptors (Lipinski definition) is 5. The van der Waals surface area contributed by atoms with E-state index in [-0.39, 0.29) is 11.3 Å². The van der Waals surface area contributed by atoms with E-state index in [9.17, 15) is 14.0 Å². The maximum atomic E-state index is 13.7. The van der Waals surface area contributed by atoms with E-state index in [1.165, 1.54) is 30.6 Å². The predicted molar refractivity (Wildman–Crippen MR) is 94.1 cm³/mol. The first kappa shape index (κ1) is 17.1. The van der Waals surface area contributed by atoms with E-state index < -0.39 is 24.2 Å². The Hall–Kier alpha value is -2.73. The molecule has 4 nitrogen and oxygen atoms in total. The second-order valence-electron chi connectivity index (χ2n) is 5.40. The van der Waals surface area contributed by atoms with E-state index in [0.717, 1.165) is 21.7 Å². The molecular weight excluding hydrogens is 343 g/mol. The van der Waals surface area contributed by atoms with Crippen molar-refractivity contribution >= 4 is 33.2 Å². The maximum absolute atomic E-state index is 13.7. The van der Waals surface area contributed by atoms with Crippen molar-refractivity contribution in [1.29, 1.82) is 0 Å². The van der Waals surface area contributed by atoms with Gasteiger partial charge in [0.05, 0.1) is 7.11 Å². The van der Waals surface area contributed by atoms with Crippen molar-refractivity contribution in [2.24, 2.45) is 0 Å². The normalized spacial score (nSPS) is 10.7. The number of carbonyl (C=O) groups is 2. The molecule has 6 heteroatoms. The summed E-state index contributed by atoms with van der Waals surface area (Å²) >= 11 is 1.32. The highest BCUT2D eigenvalue weighted by Crippen LogP contribution is 2.31. The summed E-state index contributed by atoms with van der Waals surface area (Å²) in [5.41, 5.74) is 0.952. The van der Waals surface area contributed by atoms with E-state index >= 15 is 0 Å². The van der Waals surface area contributed by atoms with Crippen molar-refractivity contribution < 1.29 is 23.5 Å². The second kappa shape index (κ2) is 7.03. The Bertz CT molecular complexity index is 961. The summed E-state index contributed by atoms with van der Waals surface area (Å²) in [5.74, 6) is -1.62. The van der Waals surface area contributed by atoms with Crippen LogP contribution >= 0.6 is 11.3 Å². The number of ether oxygens (including phenoxy) is 2. The molecule has 0 N–H and O–H groups in total. The number of Topliss-reactive ketones (excluding diaryl/α,β-unsaturated/α-hetero) is 1. The molecule has 128 valence electrons. The summed E-state index contributed by atoms with van der Waals surface area (Å²) in [7, 11) is 1.34. The van der Waals surface area contributed by atoms with Crippen molar-refractivity contribution in [1.82, 2.24) is 0 Å². The molecule has 2 aromatic carbocycles. The number of hydrogen-bond donors (Lipinski definition) is 0. The van der Waals surface area contributed by atoms with E-state index in [0.29, 0.717) is 4.88 Å². The molecule has 3 aromatic rings. The van der Waals surface area contributed by atoms with Crippen molar-refractivity contribution in [3.05, 3.63) is 64.3 Å². The van der Waals surface area contributed by atoms with Crippen LogP contribution in [0.15, 0.2) is 42.5 Å². The Kier molecular flexibility index (Phi) is 4.81. The molecule has 0 bridgehead atoms. The van der Waals surface area contributed by atoms with E-state index in [1.807, 2.05) is 31.2 Å². The summed E-state index contributed by atoms with van der Waals surface area (Å²) in [6.45, 7) is 1.40. The quantitative estimate of drug-likeness (QED) is 0.501. The SMILES string of the molecule is COc1ccc(C(=O)COC(=O)c2sc3ccccc3c2C)cc1F. The average molecular weight is 358 g/mol. The van der Waals surface area contributed by atoms with Gasteiger partial charge in [0, 0.05) is 10.3 Å². The summed E-state index contributed by atoms with van der Waals surface area (Å²) in [4.78, 5) is 24.9. The molecule has 0 aliphatic rings. The molecule has 0 saturated heterocycles. The molecule has 0 amide bonds. The summed E-state index contributed by atoms with van der Waals surface area (Å²) < 4.78 is 24.6. The van der Waals surface area contributed by atoms with Gasteiger partial charge >= 0.3 is 5.97 Å². The van der Waals surface area contributed by atoms with Gasteiger partial charge in [-0.05, 0) is 42.1 Å². The Labute approximate surface area is 147 Å². The molecule has 0 fully saturated rings. The van der Waals surface area contributed by atoms with Gasteiger partial charge < -0.3 is 9.47 Å². The zero-order valence-corrected chi connectivity index (χ0v) is 14.5. The van der Waals surface area contributed by atoms with Gasteiger partial charge in [0.25, 0.3) is 0 Å². The highest BCUT2D eigenvalue weighted by Gasteiger charge is 2.18. The largest absolute Gasteiger partial charge is 0.494 e. The van der Waals surface area contributed by atoms with Crippen LogP contribution in [-0.2, 0) is 4.74 Å².